The SMILES string of the molecule is NCc1cnc(NCc2ccc3c(c2)CCO3)s1. The van der Waals surface area contributed by atoms with E-state index in [-0.39, 0.29) is 0 Å². The zero-order valence-electron chi connectivity index (χ0n) is 9.98. The molecule has 4 nitrogen and oxygen atoms in total. The summed E-state index contributed by atoms with van der Waals surface area (Å²) in [4.78, 5) is 5.37. The highest BCUT2D eigenvalue weighted by atomic mass is 32.1. The van der Waals surface area contributed by atoms with Crippen molar-refractivity contribution in [3.8, 4) is 5.75 Å². The van der Waals surface area contributed by atoms with Crippen LogP contribution in [0, 0.1) is 0 Å². The van der Waals surface area contributed by atoms with Gasteiger partial charge in [-0.2, -0.15) is 0 Å². The highest BCUT2D eigenvalue weighted by Crippen LogP contribution is 2.26. The zero-order valence-corrected chi connectivity index (χ0v) is 10.8. The summed E-state index contributed by atoms with van der Waals surface area (Å²) in [5.41, 5.74) is 8.12. The van der Waals surface area contributed by atoms with Crippen LogP contribution in [0.25, 0.3) is 0 Å². The van der Waals surface area contributed by atoms with Gasteiger partial charge in [-0.25, -0.2) is 4.98 Å². The summed E-state index contributed by atoms with van der Waals surface area (Å²) < 4.78 is 5.49. The molecule has 0 unspecified atom stereocenters. The molecule has 1 aromatic heterocycles. The second-order valence-corrected chi connectivity index (χ2v) is 5.35. The summed E-state index contributed by atoms with van der Waals surface area (Å²) in [5.74, 6) is 1.03. The molecule has 18 heavy (non-hydrogen) atoms. The van der Waals surface area contributed by atoms with Crippen LogP contribution in [0.2, 0.25) is 0 Å². The Labute approximate surface area is 110 Å². The number of ether oxygens (including phenoxy) is 1. The summed E-state index contributed by atoms with van der Waals surface area (Å²) in [6.45, 7) is 2.14. The van der Waals surface area contributed by atoms with Crippen molar-refractivity contribution in [3.63, 3.8) is 0 Å². The van der Waals surface area contributed by atoms with Crippen molar-refractivity contribution < 1.29 is 4.74 Å². The van der Waals surface area contributed by atoms with Crippen LogP contribution in [0.5, 0.6) is 5.75 Å². The first-order chi connectivity index (χ1) is 8.85. The molecular weight excluding hydrogens is 246 g/mol. The number of nitrogens with two attached hydrogens (primary N) is 1. The van der Waals surface area contributed by atoms with Gasteiger partial charge < -0.3 is 15.8 Å². The van der Waals surface area contributed by atoms with Crippen molar-refractivity contribution >= 4 is 16.5 Å². The summed E-state index contributed by atoms with van der Waals surface area (Å²) in [5, 5.41) is 4.24. The molecule has 0 spiro atoms. The quantitative estimate of drug-likeness (QED) is 0.885. The monoisotopic (exact) mass is 261 g/mol. The van der Waals surface area contributed by atoms with Crippen molar-refractivity contribution in [1.82, 2.24) is 4.98 Å². The van der Waals surface area contributed by atoms with Gasteiger partial charge in [-0.1, -0.05) is 12.1 Å². The van der Waals surface area contributed by atoms with E-state index in [1.54, 1.807) is 11.3 Å². The minimum absolute atomic E-state index is 0.551. The van der Waals surface area contributed by atoms with E-state index in [9.17, 15) is 0 Å². The van der Waals surface area contributed by atoms with Crippen molar-refractivity contribution in [2.24, 2.45) is 5.73 Å². The number of nitrogens with one attached hydrogen (secondary N) is 1. The van der Waals surface area contributed by atoms with E-state index in [1.165, 1.54) is 11.1 Å². The maximum Gasteiger partial charge on any atom is 0.183 e. The summed E-state index contributed by atoms with van der Waals surface area (Å²) in [7, 11) is 0. The maximum atomic E-state index is 5.56. The number of hydrogen-bond donors (Lipinski definition) is 2. The van der Waals surface area contributed by atoms with Crippen LogP contribution in [0.3, 0.4) is 0 Å². The highest BCUT2D eigenvalue weighted by molar-refractivity contribution is 7.15. The van der Waals surface area contributed by atoms with E-state index in [2.05, 4.69) is 22.4 Å². The molecule has 0 aliphatic carbocycles. The molecule has 1 aromatic carbocycles. The number of benzene rings is 1. The van der Waals surface area contributed by atoms with Crippen molar-refractivity contribution in [2.75, 3.05) is 11.9 Å². The molecule has 1 aliphatic rings. The Kier molecular flexibility index (Phi) is 3.17. The molecular formula is C13H15N3OS. The van der Waals surface area contributed by atoms with Gasteiger partial charge in [-0.05, 0) is 17.2 Å². The van der Waals surface area contributed by atoms with Crippen LogP contribution in [0.1, 0.15) is 16.0 Å². The topological polar surface area (TPSA) is 60.2 Å². The molecule has 94 valence electrons. The fourth-order valence-electron chi connectivity index (χ4n) is 2.01. The minimum Gasteiger partial charge on any atom is -0.493 e. The summed E-state index contributed by atoms with van der Waals surface area (Å²) >= 11 is 1.61. The zero-order chi connectivity index (χ0) is 12.4. The Morgan fingerprint density at radius 1 is 1.44 bits per heavy atom. The van der Waals surface area contributed by atoms with Gasteiger partial charge in [0, 0.05) is 30.6 Å². The van der Waals surface area contributed by atoms with Crippen LogP contribution < -0.4 is 15.8 Å². The molecule has 3 rings (SSSR count). The molecule has 3 N–H and O–H groups in total. The average Bonchev–Trinajstić information content (AvgIpc) is 3.04. The third-order valence-corrected chi connectivity index (χ3v) is 3.93. The van der Waals surface area contributed by atoms with Crippen LogP contribution in [0.15, 0.2) is 24.4 Å². The van der Waals surface area contributed by atoms with Gasteiger partial charge in [0.1, 0.15) is 5.75 Å². The largest absolute Gasteiger partial charge is 0.493 e. The molecule has 0 bridgehead atoms. The number of nitrogens with zero attached hydrogens (tertiary/aromatic N) is 1. The Bertz CT molecular complexity index is 553. The normalized spacial score (nSPS) is 13.2. The molecule has 0 atom stereocenters. The van der Waals surface area contributed by atoms with Gasteiger partial charge in [0.2, 0.25) is 0 Å². The standard InChI is InChI=1S/C13H15N3OS/c14-6-11-8-16-13(18-11)15-7-9-1-2-12-10(5-9)3-4-17-12/h1-2,5,8H,3-4,6-7,14H2,(H,15,16). The van der Waals surface area contributed by atoms with Gasteiger partial charge in [0.25, 0.3) is 0 Å². The molecule has 1 aliphatic heterocycles. The second-order valence-electron chi connectivity index (χ2n) is 4.23. The first kappa shape index (κ1) is 11.5. The molecule has 5 heteroatoms. The van der Waals surface area contributed by atoms with E-state index in [0.29, 0.717) is 6.54 Å². The summed E-state index contributed by atoms with van der Waals surface area (Å²) in [6.07, 6.45) is 2.83. The Morgan fingerprint density at radius 3 is 3.22 bits per heavy atom. The van der Waals surface area contributed by atoms with Crippen molar-refractivity contribution in [1.29, 1.82) is 0 Å². The third kappa shape index (κ3) is 2.32. The van der Waals surface area contributed by atoms with Gasteiger partial charge in [0.05, 0.1) is 6.61 Å². The lowest BCUT2D eigenvalue weighted by Crippen LogP contribution is -1.99. The molecule has 2 aromatic rings. The fourth-order valence-corrected chi connectivity index (χ4v) is 2.70. The first-order valence-corrected chi connectivity index (χ1v) is 6.80. The lowest BCUT2D eigenvalue weighted by atomic mass is 10.1. The van der Waals surface area contributed by atoms with Gasteiger partial charge in [-0.15, -0.1) is 11.3 Å². The first-order valence-electron chi connectivity index (χ1n) is 5.98. The number of anilines is 1. The number of thiazole rings is 1. The molecule has 0 fully saturated rings. The lowest BCUT2D eigenvalue weighted by molar-refractivity contribution is 0.357. The van der Waals surface area contributed by atoms with E-state index >= 15 is 0 Å². The molecule has 0 saturated carbocycles. The van der Waals surface area contributed by atoms with Crippen LogP contribution in [0.4, 0.5) is 5.13 Å². The maximum absolute atomic E-state index is 5.56. The molecule has 0 amide bonds. The molecule has 0 radical (unpaired) electrons. The Balaban J connectivity index is 1.66. The van der Waals surface area contributed by atoms with Crippen LogP contribution in [-0.4, -0.2) is 11.6 Å². The van der Waals surface area contributed by atoms with E-state index < -0.39 is 0 Å². The molecule has 0 saturated heterocycles. The van der Waals surface area contributed by atoms with Crippen LogP contribution >= 0.6 is 11.3 Å². The smallest absolute Gasteiger partial charge is 0.183 e. The second kappa shape index (κ2) is 4.96. The molecule has 2 heterocycles. The number of fused-ring (bicyclic) bond motifs is 1. The third-order valence-electron chi connectivity index (χ3n) is 2.95. The van der Waals surface area contributed by atoms with Crippen molar-refractivity contribution in [2.45, 2.75) is 19.5 Å². The Morgan fingerprint density at radius 2 is 2.39 bits per heavy atom. The van der Waals surface area contributed by atoms with Crippen molar-refractivity contribution in [3.05, 3.63) is 40.4 Å². The highest BCUT2D eigenvalue weighted by Gasteiger charge is 2.11. The number of aromatic nitrogens is 1. The van der Waals surface area contributed by atoms with E-state index in [1.807, 2.05) is 12.3 Å². The van der Waals surface area contributed by atoms with E-state index in [4.69, 9.17) is 10.5 Å². The average molecular weight is 261 g/mol. The summed E-state index contributed by atoms with van der Waals surface area (Å²) in [6, 6.07) is 6.34. The van der Waals surface area contributed by atoms with Gasteiger partial charge in [-0.3, -0.25) is 0 Å². The number of rotatable bonds is 4. The predicted molar refractivity (Wildman–Crippen MR) is 73.0 cm³/mol. The minimum atomic E-state index is 0.551. The van der Waals surface area contributed by atoms with Gasteiger partial charge >= 0.3 is 0 Å². The van der Waals surface area contributed by atoms with Gasteiger partial charge in [0.15, 0.2) is 5.13 Å². The lowest BCUT2D eigenvalue weighted by Gasteiger charge is -2.05. The fraction of sp³-hybridized carbons (Fsp3) is 0.308. The number of hydrogen-bond acceptors (Lipinski definition) is 5. The van der Waals surface area contributed by atoms with Crippen LogP contribution in [-0.2, 0) is 19.5 Å². The van der Waals surface area contributed by atoms with E-state index in [0.717, 1.165) is 35.3 Å². The Hall–Kier alpha value is -1.59. The predicted octanol–water partition coefficient (Wildman–Crippen LogP) is 2.15.